The van der Waals surface area contributed by atoms with Crippen LogP contribution in [0.5, 0.6) is 0 Å². The van der Waals surface area contributed by atoms with Crippen molar-refractivity contribution < 1.29 is 19.1 Å². The molecule has 188 valence electrons. The predicted molar refractivity (Wildman–Crippen MR) is 139 cm³/mol. The molecule has 1 fully saturated rings. The van der Waals surface area contributed by atoms with Gasteiger partial charge in [0.2, 0.25) is 0 Å². The topological polar surface area (TPSA) is 126 Å². The summed E-state index contributed by atoms with van der Waals surface area (Å²) < 4.78 is 5.18. The third-order valence-electron chi connectivity index (χ3n) is 6.16. The number of hydrogen-bond acceptors (Lipinski definition) is 6. The fourth-order valence-electron chi connectivity index (χ4n) is 4.27. The van der Waals surface area contributed by atoms with Gasteiger partial charge in [0.25, 0.3) is 5.91 Å². The van der Waals surface area contributed by atoms with Crippen LogP contribution >= 0.6 is 23.2 Å². The Morgan fingerprint density at radius 1 is 1.11 bits per heavy atom. The standard InChI is InChI=1S/C25H25Cl2N5O4/c1-4-36-23(34)20-18(30-22(33)13-8-10-14(28)11-9-13)15-12-32(25(2,3)21(15)29-20)24(35)31-19-16(26)6-5-7-17(19)27/h5-11,21H,4,12,28H2,1-3H3,(H,30,33)(H,31,35). The second-order valence-electron chi connectivity index (χ2n) is 8.84. The minimum absolute atomic E-state index is 0.0166. The third kappa shape index (κ3) is 4.64. The minimum atomic E-state index is -0.849. The number of halogens is 2. The van der Waals surface area contributed by atoms with Crippen LogP contribution in [0.3, 0.4) is 0 Å². The molecule has 0 radical (unpaired) electrons. The van der Waals surface area contributed by atoms with Crippen LogP contribution in [0.2, 0.25) is 10.0 Å². The van der Waals surface area contributed by atoms with E-state index in [0.717, 1.165) is 0 Å². The van der Waals surface area contributed by atoms with Crippen LogP contribution in [0.4, 0.5) is 16.2 Å². The molecule has 0 bridgehead atoms. The lowest BCUT2D eigenvalue weighted by molar-refractivity contribution is -0.134. The number of amides is 3. The van der Waals surface area contributed by atoms with Gasteiger partial charge in [0.05, 0.1) is 39.6 Å². The van der Waals surface area contributed by atoms with Gasteiger partial charge in [0, 0.05) is 23.4 Å². The lowest BCUT2D eigenvalue weighted by Crippen LogP contribution is -2.49. The maximum Gasteiger partial charge on any atom is 0.358 e. The van der Waals surface area contributed by atoms with Gasteiger partial charge in [0.15, 0.2) is 5.71 Å². The predicted octanol–water partition coefficient (Wildman–Crippen LogP) is 4.27. The number of rotatable bonds is 5. The van der Waals surface area contributed by atoms with E-state index < -0.39 is 29.5 Å². The van der Waals surface area contributed by atoms with Crippen molar-refractivity contribution in [2.24, 2.45) is 4.99 Å². The molecule has 2 aromatic rings. The molecule has 1 atom stereocenters. The summed E-state index contributed by atoms with van der Waals surface area (Å²) in [6.07, 6.45) is 0. The van der Waals surface area contributed by atoms with E-state index in [-0.39, 0.29) is 24.6 Å². The summed E-state index contributed by atoms with van der Waals surface area (Å²) in [6, 6.07) is 10.3. The quantitative estimate of drug-likeness (QED) is 0.393. The molecule has 0 aromatic heterocycles. The first-order chi connectivity index (χ1) is 17.0. The number of carbonyl (C=O) groups excluding carboxylic acids is 3. The minimum Gasteiger partial charge on any atom is -0.461 e. The third-order valence-corrected chi connectivity index (χ3v) is 6.79. The van der Waals surface area contributed by atoms with Gasteiger partial charge in [-0.2, -0.15) is 0 Å². The van der Waals surface area contributed by atoms with E-state index in [1.807, 2.05) is 13.8 Å². The summed E-state index contributed by atoms with van der Waals surface area (Å²) in [7, 11) is 0. The van der Waals surface area contributed by atoms with Crippen molar-refractivity contribution in [2.45, 2.75) is 32.4 Å². The molecule has 0 saturated carbocycles. The smallest absolute Gasteiger partial charge is 0.358 e. The van der Waals surface area contributed by atoms with E-state index in [4.69, 9.17) is 33.7 Å². The van der Waals surface area contributed by atoms with E-state index in [2.05, 4.69) is 15.6 Å². The van der Waals surface area contributed by atoms with Crippen molar-refractivity contribution >= 4 is 58.2 Å². The molecule has 2 aliphatic rings. The SMILES string of the molecule is CCOC(=O)C1=NC2C(=C1NC(=O)c1ccc(N)cc1)CN(C(=O)Nc1c(Cl)cccc1Cl)C2(C)C. The molecule has 2 aliphatic heterocycles. The normalized spacial score (nSPS) is 18.0. The van der Waals surface area contributed by atoms with Crippen molar-refractivity contribution in [3.8, 4) is 0 Å². The Morgan fingerprint density at radius 3 is 2.36 bits per heavy atom. The Kier molecular flexibility index (Phi) is 6.97. The number of nitrogen functional groups attached to an aromatic ring is 1. The van der Waals surface area contributed by atoms with Crippen LogP contribution in [0.25, 0.3) is 0 Å². The molecule has 4 N–H and O–H groups in total. The molecule has 4 rings (SSSR count). The van der Waals surface area contributed by atoms with E-state index >= 15 is 0 Å². The van der Waals surface area contributed by atoms with Crippen molar-refractivity contribution in [2.75, 3.05) is 24.2 Å². The number of ether oxygens (including phenoxy) is 1. The fourth-order valence-corrected chi connectivity index (χ4v) is 4.76. The van der Waals surface area contributed by atoms with Crippen molar-refractivity contribution in [3.63, 3.8) is 0 Å². The number of hydrogen-bond donors (Lipinski definition) is 3. The molecule has 0 aliphatic carbocycles. The Balaban J connectivity index is 1.67. The van der Waals surface area contributed by atoms with E-state index in [9.17, 15) is 14.4 Å². The number of anilines is 2. The van der Waals surface area contributed by atoms with Crippen molar-refractivity contribution in [1.29, 1.82) is 0 Å². The molecule has 2 aromatic carbocycles. The summed E-state index contributed by atoms with van der Waals surface area (Å²) in [4.78, 5) is 45.2. The van der Waals surface area contributed by atoms with Gasteiger partial charge in [-0.1, -0.05) is 29.3 Å². The molecule has 1 unspecified atom stereocenters. The molecule has 36 heavy (non-hydrogen) atoms. The van der Waals surface area contributed by atoms with Crippen LogP contribution in [-0.4, -0.2) is 53.3 Å². The number of aliphatic imine (C=N–C) groups is 1. The number of esters is 1. The highest BCUT2D eigenvalue weighted by molar-refractivity contribution is 6.44. The van der Waals surface area contributed by atoms with Gasteiger partial charge in [-0.25, -0.2) is 9.59 Å². The van der Waals surface area contributed by atoms with Gasteiger partial charge in [-0.05, 0) is 57.2 Å². The van der Waals surface area contributed by atoms with Crippen LogP contribution in [-0.2, 0) is 9.53 Å². The van der Waals surface area contributed by atoms with Gasteiger partial charge in [-0.15, -0.1) is 0 Å². The Bertz CT molecular complexity index is 1280. The summed E-state index contributed by atoms with van der Waals surface area (Å²) in [6.45, 7) is 5.59. The summed E-state index contributed by atoms with van der Waals surface area (Å²) in [5.41, 5.74) is 6.90. The first kappa shape index (κ1) is 25.5. The van der Waals surface area contributed by atoms with Gasteiger partial charge in [0.1, 0.15) is 0 Å². The number of nitrogens with zero attached hydrogens (tertiary/aromatic N) is 2. The van der Waals surface area contributed by atoms with E-state index in [0.29, 0.717) is 32.6 Å². The molecule has 9 nitrogen and oxygen atoms in total. The highest BCUT2D eigenvalue weighted by atomic mass is 35.5. The van der Waals surface area contributed by atoms with Crippen molar-refractivity contribution in [3.05, 3.63) is 69.3 Å². The Hall–Kier alpha value is -3.56. The lowest BCUT2D eigenvalue weighted by Gasteiger charge is -2.33. The number of likely N-dealkylation sites (tertiary alicyclic amines) is 1. The summed E-state index contributed by atoms with van der Waals surface area (Å²) >= 11 is 12.4. The molecule has 2 heterocycles. The van der Waals surface area contributed by atoms with Crippen LogP contribution < -0.4 is 16.4 Å². The average molecular weight is 530 g/mol. The number of urea groups is 1. The van der Waals surface area contributed by atoms with Crippen LogP contribution in [0.1, 0.15) is 31.1 Å². The number of para-hydroxylation sites is 1. The van der Waals surface area contributed by atoms with Crippen molar-refractivity contribution in [1.82, 2.24) is 10.2 Å². The zero-order chi connectivity index (χ0) is 26.2. The maximum absolute atomic E-state index is 13.3. The zero-order valence-electron chi connectivity index (χ0n) is 19.9. The Morgan fingerprint density at radius 2 is 1.75 bits per heavy atom. The second kappa shape index (κ2) is 9.83. The van der Waals surface area contributed by atoms with E-state index in [1.165, 1.54) is 0 Å². The summed E-state index contributed by atoms with van der Waals surface area (Å²) in [5, 5.41) is 6.17. The number of carbonyl (C=O) groups is 3. The first-order valence-corrected chi connectivity index (χ1v) is 12.0. The van der Waals surface area contributed by atoms with Gasteiger partial charge < -0.3 is 26.0 Å². The van der Waals surface area contributed by atoms with E-state index in [1.54, 1.807) is 54.3 Å². The maximum atomic E-state index is 13.3. The average Bonchev–Trinajstić information content (AvgIpc) is 3.31. The fraction of sp³-hybridized carbons (Fsp3) is 0.280. The van der Waals surface area contributed by atoms with Gasteiger partial charge >= 0.3 is 12.0 Å². The largest absolute Gasteiger partial charge is 0.461 e. The molecule has 11 heteroatoms. The second-order valence-corrected chi connectivity index (χ2v) is 9.66. The highest BCUT2D eigenvalue weighted by Crippen LogP contribution is 2.41. The Labute approximate surface area is 218 Å². The molecular formula is C25H25Cl2N5O4. The monoisotopic (exact) mass is 529 g/mol. The molecular weight excluding hydrogens is 505 g/mol. The number of fused-ring (bicyclic) bond motifs is 1. The molecule has 3 amide bonds. The van der Waals surface area contributed by atoms with Crippen LogP contribution in [0.15, 0.2) is 58.7 Å². The highest BCUT2D eigenvalue weighted by Gasteiger charge is 2.52. The number of benzene rings is 2. The van der Waals surface area contributed by atoms with Crippen LogP contribution in [0, 0.1) is 0 Å². The number of nitrogens with two attached hydrogens (primary N) is 1. The zero-order valence-corrected chi connectivity index (χ0v) is 21.4. The molecule has 0 spiro atoms. The van der Waals surface area contributed by atoms with Gasteiger partial charge in [-0.3, -0.25) is 9.79 Å². The molecule has 1 saturated heterocycles. The summed E-state index contributed by atoms with van der Waals surface area (Å²) in [5.74, 6) is -1.10. The first-order valence-electron chi connectivity index (χ1n) is 11.2. The number of nitrogens with one attached hydrogen (secondary N) is 2. The lowest BCUT2D eigenvalue weighted by atomic mass is 9.94.